The van der Waals surface area contributed by atoms with Gasteiger partial charge in [0.2, 0.25) is 0 Å². The summed E-state index contributed by atoms with van der Waals surface area (Å²) in [5, 5.41) is 12.2. The minimum atomic E-state index is 0.906. The van der Waals surface area contributed by atoms with E-state index in [4.69, 9.17) is 5.79 Å². The monoisotopic (exact) mass is 689 g/mol. The number of hydrogen-bond donors (Lipinski definition) is 0. The van der Waals surface area contributed by atoms with E-state index in [-0.39, 0.29) is 0 Å². The lowest BCUT2D eigenvalue weighted by molar-refractivity contribution is 0.669. The molecular weight excluding hydrogens is 653 g/mol. The maximum atomic E-state index is 6.47. The summed E-state index contributed by atoms with van der Waals surface area (Å²) in [5.41, 5.74) is 11.6. The topological polar surface area (TPSA) is 13.1 Å². The van der Waals surface area contributed by atoms with Crippen LogP contribution >= 0.6 is 0 Å². The van der Waals surface area contributed by atoms with E-state index < -0.39 is 0 Å². The van der Waals surface area contributed by atoms with Gasteiger partial charge in [-0.15, -0.1) is 0 Å². The third-order valence-electron chi connectivity index (χ3n) is 11.0. The van der Waals surface area contributed by atoms with E-state index in [0.717, 1.165) is 21.9 Å². The SMILES string of the molecule is [2H]C.c1ccc(-c2ccc3cccc(-c4c5ccccc5c(-c5ccc6ccc7oc8ccc(-c9ccccc9)cc8c7c6c5)c5ccccc45)c3c2)cc1. The molecule has 0 N–H and O–H groups in total. The van der Waals surface area contributed by atoms with E-state index in [1.54, 1.807) is 0 Å². The van der Waals surface area contributed by atoms with E-state index in [0.29, 0.717) is 0 Å². The van der Waals surface area contributed by atoms with Crippen molar-refractivity contribution in [3.05, 3.63) is 194 Å². The van der Waals surface area contributed by atoms with Crippen molar-refractivity contribution >= 4 is 65.0 Å². The third-order valence-corrected chi connectivity index (χ3v) is 11.0. The van der Waals surface area contributed by atoms with E-state index >= 15 is 0 Å². The third kappa shape index (κ3) is 4.94. The van der Waals surface area contributed by atoms with Crippen molar-refractivity contribution in [3.8, 4) is 44.5 Å². The molecule has 0 saturated heterocycles. The Labute approximate surface area is 315 Å². The molecule has 0 radical (unpaired) electrons. The number of fused-ring (bicyclic) bond motifs is 8. The van der Waals surface area contributed by atoms with Gasteiger partial charge in [-0.1, -0.05) is 171 Å². The lowest BCUT2D eigenvalue weighted by atomic mass is 9.84. The van der Waals surface area contributed by atoms with Gasteiger partial charge in [0.1, 0.15) is 11.2 Å². The van der Waals surface area contributed by atoms with Crippen LogP contribution in [0, 0.1) is 0 Å². The highest BCUT2D eigenvalue weighted by atomic mass is 16.3. The van der Waals surface area contributed by atoms with Crippen molar-refractivity contribution in [2.75, 3.05) is 0 Å². The Morgan fingerprint density at radius 2 is 0.796 bits per heavy atom. The molecule has 254 valence electrons. The van der Waals surface area contributed by atoms with Crippen molar-refractivity contribution in [2.45, 2.75) is 7.40 Å². The van der Waals surface area contributed by atoms with Gasteiger partial charge in [-0.2, -0.15) is 0 Å². The highest BCUT2D eigenvalue weighted by Crippen LogP contribution is 2.47. The maximum Gasteiger partial charge on any atom is 0.136 e. The molecule has 10 aromatic carbocycles. The second-order valence-corrected chi connectivity index (χ2v) is 14.0. The molecule has 0 saturated carbocycles. The average molecular weight is 690 g/mol. The van der Waals surface area contributed by atoms with Crippen LogP contribution in [-0.2, 0) is 0 Å². The summed E-state index contributed by atoms with van der Waals surface area (Å²) in [6, 6.07) is 70.6. The van der Waals surface area contributed by atoms with Gasteiger partial charge in [-0.25, -0.2) is 0 Å². The predicted molar refractivity (Wildman–Crippen MR) is 232 cm³/mol. The van der Waals surface area contributed by atoms with E-state index in [1.165, 1.54) is 95.0 Å². The van der Waals surface area contributed by atoms with E-state index in [2.05, 4.69) is 194 Å². The summed E-state index contributed by atoms with van der Waals surface area (Å²) < 4.78 is 12.2. The first-order valence-electron chi connectivity index (χ1n) is 19.3. The van der Waals surface area contributed by atoms with Crippen LogP contribution in [0.25, 0.3) is 110 Å². The minimum Gasteiger partial charge on any atom is -0.456 e. The van der Waals surface area contributed by atoms with Crippen LogP contribution in [0.3, 0.4) is 0 Å². The van der Waals surface area contributed by atoms with Crippen LogP contribution in [0.1, 0.15) is 8.77 Å². The second kappa shape index (κ2) is 12.6. The van der Waals surface area contributed by atoms with Crippen LogP contribution in [0.5, 0.6) is 0 Å². The Morgan fingerprint density at radius 1 is 0.315 bits per heavy atom. The van der Waals surface area contributed by atoms with Crippen molar-refractivity contribution < 1.29 is 5.79 Å². The van der Waals surface area contributed by atoms with Crippen molar-refractivity contribution in [1.29, 1.82) is 0 Å². The zero-order chi connectivity index (χ0) is 36.9. The Bertz CT molecular complexity index is 3160. The molecule has 1 nitrogen and oxygen atoms in total. The summed E-state index contributed by atoms with van der Waals surface area (Å²) in [4.78, 5) is 0. The quantitative estimate of drug-likeness (QED) is 0.168. The fraction of sp³-hybridized carbons (Fsp3) is 0.0189. The van der Waals surface area contributed by atoms with E-state index in [1.807, 2.05) is 0 Å². The highest BCUT2D eigenvalue weighted by molar-refractivity contribution is 6.25. The zero-order valence-electron chi connectivity index (χ0n) is 30.9. The lowest BCUT2D eigenvalue weighted by Crippen LogP contribution is -1.92. The average Bonchev–Trinajstić information content (AvgIpc) is 3.65. The molecule has 0 spiro atoms. The molecule has 0 aliphatic heterocycles. The minimum absolute atomic E-state index is 0.906. The van der Waals surface area contributed by atoms with Crippen molar-refractivity contribution in [3.63, 3.8) is 0 Å². The molecule has 0 bridgehead atoms. The molecule has 0 atom stereocenters. The van der Waals surface area contributed by atoms with Gasteiger partial charge < -0.3 is 4.42 Å². The highest BCUT2D eigenvalue weighted by Gasteiger charge is 2.19. The van der Waals surface area contributed by atoms with Crippen LogP contribution in [0.2, 0.25) is 0 Å². The summed E-state index contributed by atoms with van der Waals surface area (Å²) in [6.07, 6.45) is 0. The first kappa shape index (κ1) is 30.6. The van der Waals surface area contributed by atoms with Gasteiger partial charge in [0, 0.05) is 12.1 Å². The van der Waals surface area contributed by atoms with Gasteiger partial charge in [0.15, 0.2) is 0 Å². The lowest BCUT2D eigenvalue weighted by Gasteiger charge is -2.19. The first-order valence-corrected chi connectivity index (χ1v) is 18.3. The molecule has 54 heavy (non-hydrogen) atoms. The predicted octanol–water partition coefficient (Wildman–Crippen LogP) is 15.5. The van der Waals surface area contributed by atoms with Gasteiger partial charge in [0.25, 0.3) is 0 Å². The smallest absolute Gasteiger partial charge is 0.136 e. The number of benzene rings is 10. The van der Waals surface area contributed by atoms with Crippen LogP contribution in [0.15, 0.2) is 199 Å². The van der Waals surface area contributed by atoms with Crippen LogP contribution in [0.4, 0.5) is 0 Å². The Balaban J connectivity index is 0.00000183. The molecule has 0 amide bonds. The summed E-state index contributed by atoms with van der Waals surface area (Å²) >= 11 is 0. The molecule has 11 aromatic rings. The van der Waals surface area contributed by atoms with Crippen LogP contribution < -0.4 is 0 Å². The molecule has 1 aromatic heterocycles. The molecule has 1 heterocycles. The molecule has 0 aliphatic rings. The standard InChI is InChI=1S/C52H32O.CH4/c1-3-12-33(13-4-1)37-24-22-35-16-11-21-44(45(35)30-37)51-42-19-9-7-17-40(42)50(41-18-8-10-20-43(41)51)39-25-23-36-26-29-49-52(46(36)32-39)47-31-38(27-28-48(47)53-49)34-14-5-2-6-15-34;/h1-32H;1H4/i;1D. The normalized spacial score (nSPS) is 11.7. The Kier molecular flexibility index (Phi) is 7.16. The van der Waals surface area contributed by atoms with Crippen molar-refractivity contribution in [2.24, 2.45) is 0 Å². The molecule has 0 aliphatic carbocycles. The zero-order valence-corrected chi connectivity index (χ0v) is 29.9. The van der Waals surface area contributed by atoms with Crippen LogP contribution in [-0.4, -0.2) is 0 Å². The second-order valence-electron chi connectivity index (χ2n) is 14.0. The van der Waals surface area contributed by atoms with E-state index in [9.17, 15) is 0 Å². The molecule has 0 fully saturated rings. The fourth-order valence-corrected chi connectivity index (χ4v) is 8.59. The van der Waals surface area contributed by atoms with Gasteiger partial charge >= 0.3 is 0 Å². The summed E-state index contributed by atoms with van der Waals surface area (Å²) in [5.74, 6) is 0. The largest absolute Gasteiger partial charge is 0.456 e. The first-order chi connectivity index (χ1) is 27.3. The Morgan fingerprint density at radius 3 is 1.44 bits per heavy atom. The Hall–Kier alpha value is -6.96. The molecular formula is C53H36O. The summed E-state index contributed by atoms with van der Waals surface area (Å²) in [7, 11) is 1.25. The van der Waals surface area contributed by atoms with Crippen molar-refractivity contribution in [1.82, 2.24) is 0 Å². The molecule has 1 heteroatoms. The van der Waals surface area contributed by atoms with Gasteiger partial charge in [0.05, 0.1) is 0 Å². The number of hydrogen-bond acceptors (Lipinski definition) is 1. The molecule has 11 rings (SSSR count). The number of rotatable bonds is 4. The fourth-order valence-electron chi connectivity index (χ4n) is 8.59. The summed E-state index contributed by atoms with van der Waals surface area (Å²) in [6.45, 7) is 0. The maximum absolute atomic E-state index is 6.47. The molecule has 0 unspecified atom stereocenters. The number of furan rings is 1. The van der Waals surface area contributed by atoms with Gasteiger partial charge in [-0.05, 0) is 118 Å². The van der Waals surface area contributed by atoms with Gasteiger partial charge in [-0.3, -0.25) is 0 Å².